The molecule has 0 saturated carbocycles. The van der Waals surface area contributed by atoms with Gasteiger partial charge in [-0.25, -0.2) is 4.39 Å². The van der Waals surface area contributed by atoms with Crippen molar-refractivity contribution in [3.05, 3.63) is 69.9 Å². The molecule has 0 aliphatic carbocycles. The van der Waals surface area contributed by atoms with E-state index in [0.717, 1.165) is 10.0 Å². The Hall–Kier alpha value is -1.86. The van der Waals surface area contributed by atoms with Crippen molar-refractivity contribution in [3.8, 4) is 0 Å². The molecular weight excluding hydrogens is 467 g/mol. The number of halogens is 2. The quantitative estimate of drug-likeness (QED) is 0.504. The van der Waals surface area contributed by atoms with Crippen LogP contribution in [0.4, 0.5) is 4.39 Å². The first-order valence-electron chi connectivity index (χ1n) is 9.90. The molecule has 7 heteroatoms. The van der Waals surface area contributed by atoms with Gasteiger partial charge < -0.3 is 10.2 Å². The highest BCUT2D eigenvalue weighted by atomic mass is 79.9. The number of rotatable bonds is 10. The first kappa shape index (κ1) is 24.4. The summed E-state index contributed by atoms with van der Waals surface area (Å²) >= 11 is 4.89. The van der Waals surface area contributed by atoms with Gasteiger partial charge in [0, 0.05) is 28.9 Å². The predicted octanol–water partition coefficient (Wildman–Crippen LogP) is 5.01. The van der Waals surface area contributed by atoms with Crippen molar-refractivity contribution in [2.45, 2.75) is 39.1 Å². The molecule has 0 saturated heterocycles. The maximum Gasteiger partial charge on any atom is 0.242 e. The Kier molecular flexibility index (Phi) is 9.85. The lowest BCUT2D eigenvalue weighted by molar-refractivity contribution is -0.138. The Balaban J connectivity index is 2.06. The van der Waals surface area contributed by atoms with Crippen molar-refractivity contribution in [2.75, 3.05) is 12.3 Å². The van der Waals surface area contributed by atoms with Crippen LogP contribution in [-0.4, -0.2) is 35.1 Å². The third kappa shape index (κ3) is 7.76. The average Bonchev–Trinajstić information content (AvgIpc) is 2.72. The lowest BCUT2D eigenvalue weighted by atomic mass is 10.1. The maximum atomic E-state index is 14.2. The molecule has 0 fully saturated rings. The molecule has 162 valence electrons. The molecule has 0 radical (unpaired) electrons. The van der Waals surface area contributed by atoms with Crippen molar-refractivity contribution in [1.82, 2.24) is 10.2 Å². The van der Waals surface area contributed by atoms with Crippen LogP contribution in [0.25, 0.3) is 0 Å². The SMILES string of the molecule is CC(C)CNC(=O)[C@@H](C)N(Cc1ccccc1F)C(=O)CSCc1ccc(Br)cc1. The number of carbonyl (C=O) groups excluding carboxylic acids is 2. The summed E-state index contributed by atoms with van der Waals surface area (Å²) in [5, 5.41) is 2.87. The van der Waals surface area contributed by atoms with Crippen LogP contribution in [0.15, 0.2) is 53.0 Å². The summed E-state index contributed by atoms with van der Waals surface area (Å²) in [7, 11) is 0. The molecule has 0 unspecified atom stereocenters. The average molecular weight is 495 g/mol. The Morgan fingerprint density at radius 3 is 2.40 bits per heavy atom. The largest absolute Gasteiger partial charge is 0.354 e. The van der Waals surface area contributed by atoms with Crippen molar-refractivity contribution >= 4 is 39.5 Å². The highest BCUT2D eigenvalue weighted by Crippen LogP contribution is 2.18. The molecule has 0 aromatic heterocycles. The second kappa shape index (κ2) is 12.1. The number of nitrogens with one attached hydrogen (secondary N) is 1. The summed E-state index contributed by atoms with van der Waals surface area (Å²) in [6, 6.07) is 13.6. The van der Waals surface area contributed by atoms with E-state index in [1.165, 1.54) is 22.7 Å². The minimum Gasteiger partial charge on any atom is -0.354 e. The van der Waals surface area contributed by atoms with Gasteiger partial charge >= 0.3 is 0 Å². The summed E-state index contributed by atoms with van der Waals surface area (Å²) in [6.45, 7) is 6.29. The Labute approximate surface area is 190 Å². The van der Waals surface area contributed by atoms with Crippen LogP contribution >= 0.6 is 27.7 Å². The van der Waals surface area contributed by atoms with Gasteiger partial charge in [-0.3, -0.25) is 9.59 Å². The second-order valence-electron chi connectivity index (χ2n) is 7.55. The smallest absolute Gasteiger partial charge is 0.242 e. The predicted molar refractivity (Wildman–Crippen MR) is 125 cm³/mol. The Morgan fingerprint density at radius 2 is 1.77 bits per heavy atom. The zero-order valence-corrected chi connectivity index (χ0v) is 19.9. The molecular formula is C23H28BrFN2O2S. The van der Waals surface area contributed by atoms with Gasteiger partial charge in [-0.15, -0.1) is 11.8 Å². The van der Waals surface area contributed by atoms with Gasteiger partial charge in [-0.1, -0.05) is 60.1 Å². The molecule has 2 aromatic carbocycles. The van der Waals surface area contributed by atoms with Crippen molar-refractivity contribution < 1.29 is 14.0 Å². The number of carbonyl (C=O) groups is 2. The first-order chi connectivity index (χ1) is 14.3. The van der Waals surface area contributed by atoms with E-state index >= 15 is 0 Å². The summed E-state index contributed by atoms with van der Waals surface area (Å²) in [5.74, 6) is 0.400. The Morgan fingerprint density at radius 1 is 1.10 bits per heavy atom. The van der Waals surface area contributed by atoms with Crippen LogP contribution in [-0.2, 0) is 21.9 Å². The highest BCUT2D eigenvalue weighted by Gasteiger charge is 2.26. The molecule has 0 spiro atoms. The molecule has 1 N–H and O–H groups in total. The van der Waals surface area contributed by atoms with Gasteiger partial charge in [0.2, 0.25) is 11.8 Å². The molecule has 1 atom stereocenters. The minimum absolute atomic E-state index is 0.0562. The van der Waals surface area contributed by atoms with Crippen molar-refractivity contribution in [3.63, 3.8) is 0 Å². The fourth-order valence-electron chi connectivity index (χ4n) is 2.76. The second-order valence-corrected chi connectivity index (χ2v) is 9.45. The molecule has 0 bridgehead atoms. The van der Waals surface area contributed by atoms with E-state index in [-0.39, 0.29) is 29.9 Å². The number of hydrogen-bond donors (Lipinski definition) is 1. The number of amides is 2. The van der Waals surface area contributed by atoms with E-state index in [1.54, 1.807) is 25.1 Å². The first-order valence-corrected chi connectivity index (χ1v) is 11.9. The summed E-state index contributed by atoms with van der Waals surface area (Å²) in [5.41, 5.74) is 1.51. The fourth-order valence-corrected chi connectivity index (χ4v) is 3.90. The van der Waals surface area contributed by atoms with Crippen LogP contribution in [0.3, 0.4) is 0 Å². The zero-order valence-electron chi connectivity index (χ0n) is 17.5. The molecule has 0 heterocycles. The molecule has 2 rings (SSSR count). The Bertz CT molecular complexity index is 845. The van der Waals surface area contributed by atoms with E-state index in [9.17, 15) is 14.0 Å². The monoisotopic (exact) mass is 494 g/mol. The lowest BCUT2D eigenvalue weighted by Crippen LogP contribution is -2.48. The van der Waals surface area contributed by atoms with Crippen LogP contribution in [0, 0.1) is 11.7 Å². The van der Waals surface area contributed by atoms with E-state index in [0.29, 0.717) is 23.8 Å². The highest BCUT2D eigenvalue weighted by molar-refractivity contribution is 9.10. The molecule has 2 aromatic rings. The summed E-state index contributed by atoms with van der Waals surface area (Å²) in [6.07, 6.45) is 0. The van der Waals surface area contributed by atoms with Crippen molar-refractivity contribution in [1.29, 1.82) is 0 Å². The van der Waals surface area contributed by atoms with Crippen LogP contribution in [0.1, 0.15) is 31.9 Å². The maximum absolute atomic E-state index is 14.2. The molecule has 2 amide bonds. The lowest BCUT2D eigenvalue weighted by Gasteiger charge is -2.29. The van der Waals surface area contributed by atoms with Gasteiger partial charge in [-0.2, -0.15) is 0 Å². The summed E-state index contributed by atoms with van der Waals surface area (Å²) in [4.78, 5) is 27.0. The molecule has 4 nitrogen and oxygen atoms in total. The topological polar surface area (TPSA) is 49.4 Å². The third-order valence-corrected chi connectivity index (χ3v) is 6.08. The minimum atomic E-state index is -0.691. The van der Waals surface area contributed by atoms with E-state index in [1.807, 2.05) is 38.1 Å². The van der Waals surface area contributed by atoms with Crippen LogP contribution in [0.2, 0.25) is 0 Å². The zero-order chi connectivity index (χ0) is 22.1. The van der Waals surface area contributed by atoms with Gasteiger partial charge in [0.25, 0.3) is 0 Å². The number of nitrogens with zero attached hydrogens (tertiary/aromatic N) is 1. The van der Waals surface area contributed by atoms with Gasteiger partial charge in [0.1, 0.15) is 11.9 Å². The molecule has 0 aliphatic rings. The third-order valence-electron chi connectivity index (χ3n) is 4.56. The van der Waals surface area contributed by atoms with Crippen molar-refractivity contribution in [2.24, 2.45) is 5.92 Å². The summed E-state index contributed by atoms with van der Waals surface area (Å²) < 4.78 is 15.2. The molecule has 0 aliphatic heterocycles. The van der Waals surface area contributed by atoms with E-state index in [4.69, 9.17) is 0 Å². The normalized spacial score (nSPS) is 11.9. The van der Waals surface area contributed by atoms with Crippen LogP contribution < -0.4 is 5.32 Å². The number of thioether (sulfide) groups is 1. The molecule has 30 heavy (non-hydrogen) atoms. The van der Waals surface area contributed by atoms with E-state index < -0.39 is 6.04 Å². The van der Waals surface area contributed by atoms with Crippen LogP contribution in [0.5, 0.6) is 0 Å². The van der Waals surface area contributed by atoms with Gasteiger partial charge in [0.05, 0.1) is 5.75 Å². The number of benzene rings is 2. The standard InChI is InChI=1S/C23H28BrFN2O2S/c1-16(2)12-26-23(29)17(3)27(13-19-6-4-5-7-21(19)25)22(28)15-30-14-18-8-10-20(24)11-9-18/h4-11,16-17H,12-15H2,1-3H3,(H,26,29)/t17-/m1/s1. The number of hydrogen-bond acceptors (Lipinski definition) is 3. The van der Waals surface area contributed by atoms with Gasteiger partial charge in [-0.05, 0) is 36.6 Å². The van der Waals surface area contributed by atoms with Gasteiger partial charge in [0.15, 0.2) is 0 Å². The fraction of sp³-hybridized carbons (Fsp3) is 0.391. The van der Waals surface area contributed by atoms with E-state index in [2.05, 4.69) is 21.2 Å².